The fourth-order valence-electron chi connectivity index (χ4n) is 1.44. The van der Waals surface area contributed by atoms with Crippen LogP contribution in [-0.4, -0.2) is 20.3 Å². The summed E-state index contributed by atoms with van der Waals surface area (Å²) in [5.74, 6) is 3.64. The Hall–Kier alpha value is -1.37. The van der Waals surface area contributed by atoms with Gasteiger partial charge in [-0.2, -0.15) is 0 Å². The maximum absolute atomic E-state index is 6.13. The molecule has 0 aromatic heterocycles. The molecule has 0 atom stereocenters. The Morgan fingerprint density at radius 3 is 2.82 bits per heavy atom. The molecule has 0 aliphatic rings. The van der Waals surface area contributed by atoms with E-state index in [9.17, 15) is 0 Å². The molecule has 1 aromatic rings. The second kappa shape index (κ2) is 7.05. The predicted molar refractivity (Wildman–Crippen MR) is 69.7 cm³/mol. The first-order valence-corrected chi connectivity index (χ1v) is 5.73. The lowest BCUT2D eigenvalue weighted by molar-refractivity contribution is 0.301. The van der Waals surface area contributed by atoms with E-state index in [1.54, 1.807) is 7.11 Å². The topological polar surface area (TPSA) is 44.5 Å². The molecule has 0 bridgehead atoms. The summed E-state index contributed by atoms with van der Waals surface area (Å²) in [7, 11) is 1.58. The van der Waals surface area contributed by atoms with E-state index < -0.39 is 0 Å². The van der Waals surface area contributed by atoms with Crippen molar-refractivity contribution in [1.29, 1.82) is 0 Å². The summed E-state index contributed by atoms with van der Waals surface area (Å²) in [5, 5.41) is 0.518. The van der Waals surface area contributed by atoms with Gasteiger partial charge in [-0.3, -0.25) is 0 Å². The minimum Gasteiger partial charge on any atom is -0.493 e. The third kappa shape index (κ3) is 3.85. The Labute approximate surface area is 107 Å². The van der Waals surface area contributed by atoms with Crippen molar-refractivity contribution in [2.45, 2.75) is 12.8 Å². The molecule has 0 heterocycles. The first kappa shape index (κ1) is 13.7. The molecule has 0 aliphatic heterocycles. The van der Waals surface area contributed by atoms with E-state index in [2.05, 4.69) is 5.92 Å². The Balaban J connectivity index is 2.91. The number of terminal acetylenes is 1. The Kier molecular flexibility index (Phi) is 5.68. The molecule has 0 fully saturated rings. The molecule has 0 amide bonds. The average molecular weight is 254 g/mol. The molecule has 0 spiro atoms. The zero-order chi connectivity index (χ0) is 12.7. The SMILES string of the molecule is C#CCCOc1c(Cl)cc(CCN)cc1OC. The monoisotopic (exact) mass is 253 g/mol. The first-order valence-electron chi connectivity index (χ1n) is 5.35. The maximum Gasteiger partial charge on any atom is 0.179 e. The summed E-state index contributed by atoms with van der Waals surface area (Å²) in [6.45, 7) is 0.986. The van der Waals surface area contributed by atoms with Crippen molar-refractivity contribution in [3.05, 3.63) is 22.7 Å². The highest BCUT2D eigenvalue weighted by Crippen LogP contribution is 2.36. The number of rotatable bonds is 6. The summed E-state index contributed by atoms with van der Waals surface area (Å²) in [6.07, 6.45) is 6.44. The highest BCUT2D eigenvalue weighted by Gasteiger charge is 2.11. The number of hydrogen-bond donors (Lipinski definition) is 1. The van der Waals surface area contributed by atoms with Gasteiger partial charge >= 0.3 is 0 Å². The first-order chi connectivity index (χ1) is 8.22. The van der Waals surface area contributed by atoms with E-state index in [0.29, 0.717) is 36.1 Å². The van der Waals surface area contributed by atoms with Crippen LogP contribution in [-0.2, 0) is 6.42 Å². The van der Waals surface area contributed by atoms with Crippen LogP contribution in [0.1, 0.15) is 12.0 Å². The zero-order valence-corrected chi connectivity index (χ0v) is 10.6. The van der Waals surface area contributed by atoms with E-state index >= 15 is 0 Å². The molecule has 2 N–H and O–H groups in total. The molecule has 1 rings (SSSR count). The van der Waals surface area contributed by atoms with E-state index in [4.69, 9.17) is 33.2 Å². The highest BCUT2D eigenvalue weighted by molar-refractivity contribution is 6.32. The minimum absolute atomic E-state index is 0.419. The highest BCUT2D eigenvalue weighted by atomic mass is 35.5. The smallest absolute Gasteiger partial charge is 0.179 e. The lowest BCUT2D eigenvalue weighted by Gasteiger charge is -2.13. The van der Waals surface area contributed by atoms with Crippen molar-refractivity contribution in [2.24, 2.45) is 5.73 Å². The van der Waals surface area contributed by atoms with Crippen molar-refractivity contribution in [1.82, 2.24) is 0 Å². The van der Waals surface area contributed by atoms with Crippen LogP contribution in [0, 0.1) is 12.3 Å². The average Bonchev–Trinajstić information content (AvgIpc) is 2.32. The Morgan fingerprint density at radius 2 is 2.24 bits per heavy atom. The largest absolute Gasteiger partial charge is 0.493 e. The van der Waals surface area contributed by atoms with Crippen LogP contribution in [0.25, 0.3) is 0 Å². The maximum atomic E-state index is 6.13. The molecular weight excluding hydrogens is 238 g/mol. The van der Waals surface area contributed by atoms with Crippen molar-refractivity contribution in [3.63, 3.8) is 0 Å². The zero-order valence-electron chi connectivity index (χ0n) is 9.83. The molecule has 0 radical (unpaired) electrons. The van der Waals surface area contributed by atoms with Gasteiger partial charge in [0.1, 0.15) is 0 Å². The van der Waals surface area contributed by atoms with Crippen LogP contribution < -0.4 is 15.2 Å². The van der Waals surface area contributed by atoms with Crippen molar-refractivity contribution in [3.8, 4) is 23.8 Å². The second-order valence-electron chi connectivity index (χ2n) is 3.45. The van der Waals surface area contributed by atoms with Crippen molar-refractivity contribution in [2.75, 3.05) is 20.3 Å². The van der Waals surface area contributed by atoms with Gasteiger partial charge in [0.2, 0.25) is 0 Å². The Bertz CT molecular complexity index is 413. The minimum atomic E-state index is 0.419. The molecule has 0 saturated heterocycles. The van der Waals surface area contributed by atoms with Crippen LogP contribution in [0.2, 0.25) is 5.02 Å². The lowest BCUT2D eigenvalue weighted by atomic mass is 10.1. The number of hydrogen-bond acceptors (Lipinski definition) is 3. The van der Waals surface area contributed by atoms with Gasteiger partial charge in [0.25, 0.3) is 0 Å². The van der Waals surface area contributed by atoms with Gasteiger partial charge in [-0.05, 0) is 30.7 Å². The van der Waals surface area contributed by atoms with E-state index in [-0.39, 0.29) is 0 Å². The third-order valence-corrected chi connectivity index (χ3v) is 2.50. The number of ether oxygens (including phenoxy) is 2. The molecule has 0 unspecified atom stereocenters. The van der Waals surface area contributed by atoms with E-state index in [1.807, 2.05) is 12.1 Å². The van der Waals surface area contributed by atoms with Crippen molar-refractivity contribution >= 4 is 11.6 Å². The summed E-state index contributed by atoms with van der Waals surface area (Å²) in [6, 6.07) is 3.71. The predicted octanol–water partition coefficient (Wildman–Crippen LogP) is 2.25. The molecule has 4 heteroatoms. The lowest BCUT2D eigenvalue weighted by Crippen LogP contribution is -2.04. The standard InChI is InChI=1S/C13H16ClNO2/c1-3-4-7-17-13-11(14)8-10(5-6-15)9-12(13)16-2/h1,8-9H,4-7,15H2,2H3. The van der Waals surface area contributed by atoms with Crippen LogP contribution in [0.4, 0.5) is 0 Å². The van der Waals surface area contributed by atoms with Gasteiger partial charge < -0.3 is 15.2 Å². The summed E-state index contributed by atoms with van der Waals surface area (Å²) >= 11 is 6.13. The molecule has 0 aliphatic carbocycles. The number of methoxy groups -OCH3 is 1. The second-order valence-corrected chi connectivity index (χ2v) is 3.86. The van der Waals surface area contributed by atoms with Gasteiger partial charge in [0.15, 0.2) is 11.5 Å². The van der Waals surface area contributed by atoms with Gasteiger partial charge in [-0.25, -0.2) is 0 Å². The van der Waals surface area contributed by atoms with Gasteiger partial charge in [0, 0.05) is 6.42 Å². The normalized spacial score (nSPS) is 9.76. The van der Waals surface area contributed by atoms with Crippen LogP contribution in [0.5, 0.6) is 11.5 Å². The third-order valence-electron chi connectivity index (χ3n) is 2.22. The van der Waals surface area contributed by atoms with Crippen LogP contribution in [0.15, 0.2) is 12.1 Å². The number of halogens is 1. The molecule has 3 nitrogen and oxygen atoms in total. The summed E-state index contributed by atoms with van der Waals surface area (Å²) in [4.78, 5) is 0. The van der Waals surface area contributed by atoms with E-state index in [0.717, 1.165) is 12.0 Å². The van der Waals surface area contributed by atoms with E-state index in [1.165, 1.54) is 0 Å². The number of benzene rings is 1. The Morgan fingerprint density at radius 1 is 1.47 bits per heavy atom. The fraction of sp³-hybridized carbons (Fsp3) is 0.385. The van der Waals surface area contributed by atoms with Gasteiger partial charge in [0.05, 0.1) is 18.7 Å². The summed E-state index contributed by atoms with van der Waals surface area (Å²) < 4.78 is 10.7. The van der Waals surface area contributed by atoms with Gasteiger partial charge in [-0.1, -0.05) is 11.6 Å². The van der Waals surface area contributed by atoms with Crippen LogP contribution >= 0.6 is 11.6 Å². The van der Waals surface area contributed by atoms with Crippen LogP contribution in [0.3, 0.4) is 0 Å². The molecule has 1 aromatic carbocycles. The molecular formula is C13H16ClNO2. The molecule has 0 saturated carbocycles. The fourth-order valence-corrected chi connectivity index (χ4v) is 1.72. The van der Waals surface area contributed by atoms with Crippen molar-refractivity contribution < 1.29 is 9.47 Å². The molecule has 92 valence electrons. The van der Waals surface area contributed by atoms with Gasteiger partial charge in [-0.15, -0.1) is 12.3 Å². The molecule has 17 heavy (non-hydrogen) atoms. The number of nitrogens with two attached hydrogens (primary N) is 1. The quantitative estimate of drug-likeness (QED) is 0.625. The summed E-state index contributed by atoms with van der Waals surface area (Å²) in [5.41, 5.74) is 6.53.